The summed E-state index contributed by atoms with van der Waals surface area (Å²) in [6, 6.07) is 12.5. The first-order valence-electron chi connectivity index (χ1n) is 11.2. The Kier molecular flexibility index (Phi) is 6.12. The minimum absolute atomic E-state index is 0.181. The van der Waals surface area contributed by atoms with Crippen molar-refractivity contribution in [3.8, 4) is 17.2 Å². The van der Waals surface area contributed by atoms with E-state index in [9.17, 15) is 9.65 Å². The lowest BCUT2D eigenvalue weighted by Crippen LogP contribution is -2.36. The van der Waals surface area contributed by atoms with E-state index in [0.717, 1.165) is 48.9 Å². The van der Waals surface area contributed by atoms with E-state index in [1.165, 1.54) is 12.1 Å². The largest absolute Gasteiger partial charge is 0.382 e. The number of aliphatic imine (C=N–C) groups is 2. The molecule has 0 bridgehead atoms. The second-order valence-electron chi connectivity index (χ2n) is 8.66. The van der Waals surface area contributed by atoms with Crippen LogP contribution in [0.2, 0.25) is 0 Å². The highest BCUT2D eigenvalue weighted by Crippen LogP contribution is 2.48. The number of methoxy groups -OCH3 is 1. The molecule has 5 nitrogen and oxygen atoms in total. The first kappa shape index (κ1) is 22.2. The van der Waals surface area contributed by atoms with Gasteiger partial charge in [-0.05, 0) is 74.4 Å². The fourth-order valence-corrected chi connectivity index (χ4v) is 5.04. The quantitative estimate of drug-likeness (QED) is 0.712. The number of amidine groups is 1. The third-order valence-electron chi connectivity index (χ3n) is 6.87. The van der Waals surface area contributed by atoms with Crippen LogP contribution in [-0.2, 0) is 16.8 Å². The number of ether oxygens (including phenoxy) is 1. The van der Waals surface area contributed by atoms with Crippen LogP contribution in [0.15, 0.2) is 46.4 Å². The molecule has 0 aromatic heterocycles. The average Bonchev–Trinajstić information content (AvgIpc) is 3.14. The van der Waals surface area contributed by atoms with E-state index in [-0.39, 0.29) is 17.8 Å². The Labute approximate surface area is 188 Å². The standard InChI is InChI=1S/C26H29FN4O/c1-4-18-6-7-19(22-13-17(15-28)5-12-24(22)27)14-23(18)26(30-16(2)25(29)31-26)20-8-10-21(32-3)11-9-20/h5-7,12-14,20-21H,4,8-11H2,1-3H3,(H2,29,31). The van der Waals surface area contributed by atoms with E-state index >= 15 is 0 Å². The van der Waals surface area contributed by atoms with Crippen LogP contribution >= 0.6 is 0 Å². The summed E-state index contributed by atoms with van der Waals surface area (Å²) in [4.78, 5) is 10.00. The highest BCUT2D eigenvalue weighted by Gasteiger charge is 2.46. The van der Waals surface area contributed by atoms with Crippen LogP contribution in [0.4, 0.5) is 4.39 Å². The van der Waals surface area contributed by atoms with Gasteiger partial charge < -0.3 is 10.5 Å². The minimum Gasteiger partial charge on any atom is -0.382 e. The first-order valence-corrected chi connectivity index (χ1v) is 11.2. The molecular weight excluding hydrogens is 403 g/mol. The number of rotatable bonds is 5. The summed E-state index contributed by atoms with van der Waals surface area (Å²) in [5, 5.41) is 9.29. The first-order chi connectivity index (χ1) is 15.4. The van der Waals surface area contributed by atoms with E-state index < -0.39 is 5.66 Å². The topological polar surface area (TPSA) is 83.8 Å². The molecule has 4 rings (SSSR count). The summed E-state index contributed by atoms with van der Waals surface area (Å²) in [5.41, 5.74) is 9.82. The molecule has 2 aromatic rings. The van der Waals surface area contributed by atoms with Crippen LogP contribution in [0.1, 0.15) is 56.2 Å². The monoisotopic (exact) mass is 432 g/mol. The van der Waals surface area contributed by atoms with Crippen LogP contribution in [0.25, 0.3) is 11.1 Å². The van der Waals surface area contributed by atoms with E-state index in [1.54, 1.807) is 13.2 Å². The Balaban J connectivity index is 1.87. The van der Waals surface area contributed by atoms with Gasteiger partial charge in [-0.2, -0.15) is 5.26 Å². The number of nitrogens with two attached hydrogens (primary N) is 1. The number of nitrogens with zero attached hydrogens (tertiary/aromatic N) is 3. The van der Waals surface area contributed by atoms with Crippen LogP contribution in [0.3, 0.4) is 0 Å². The molecular formula is C26H29FN4O. The second-order valence-corrected chi connectivity index (χ2v) is 8.66. The number of nitriles is 1. The molecule has 0 amide bonds. The van der Waals surface area contributed by atoms with Gasteiger partial charge in [-0.15, -0.1) is 0 Å². The van der Waals surface area contributed by atoms with Crippen molar-refractivity contribution in [2.75, 3.05) is 7.11 Å². The Morgan fingerprint density at radius 1 is 1.16 bits per heavy atom. The molecule has 0 saturated heterocycles. The van der Waals surface area contributed by atoms with Crippen molar-refractivity contribution in [3.63, 3.8) is 0 Å². The average molecular weight is 433 g/mol. The maximum atomic E-state index is 14.7. The zero-order chi connectivity index (χ0) is 22.9. The number of benzene rings is 2. The predicted molar refractivity (Wildman–Crippen MR) is 125 cm³/mol. The molecule has 2 N–H and O–H groups in total. The molecule has 1 saturated carbocycles. The van der Waals surface area contributed by atoms with Gasteiger partial charge in [0, 0.05) is 24.2 Å². The van der Waals surface area contributed by atoms with Gasteiger partial charge in [0.05, 0.1) is 23.4 Å². The molecule has 32 heavy (non-hydrogen) atoms. The molecule has 2 aliphatic rings. The van der Waals surface area contributed by atoms with Crippen molar-refractivity contribution >= 4 is 11.5 Å². The van der Waals surface area contributed by atoms with Gasteiger partial charge in [-0.3, -0.25) is 4.99 Å². The van der Waals surface area contributed by atoms with Crippen molar-refractivity contribution in [2.45, 2.75) is 57.7 Å². The summed E-state index contributed by atoms with van der Waals surface area (Å²) in [7, 11) is 1.76. The summed E-state index contributed by atoms with van der Waals surface area (Å²) >= 11 is 0. The molecule has 1 atom stereocenters. The van der Waals surface area contributed by atoms with Crippen LogP contribution in [-0.4, -0.2) is 24.8 Å². The van der Waals surface area contributed by atoms with Gasteiger partial charge in [0.1, 0.15) is 11.7 Å². The number of hydrogen-bond donors (Lipinski definition) is 1. The normalized spacial score (nSPS) is 25.2. The Morgan fingerprint density at radius 3 is 2.50 bits per heavy atom. The SMILES string of the molecule is CCc1ccc(-c2cc(C#N)ccc2F)cc1C1(C2CCC(OC)CC2)N=C(C)C(N)=N1. The molecule has 1 heterocycles. The van der Waals surface area contributed by atoms with Crippen molar-refractivity contribution in [3.05, 3.63) is 58.9 Å². The van der Waals surface area contributed by atoms with E-state index in [0.29, 0.717) is 22.5 Å². The lowest BCUT2D eigenvalue weighted by molar-refractivity contribution is 0.0425. The van der Waals surface area contributed by atoms with Crippen molar-refractivity contribution in [1.29, 1.82) is 5.26 Å². The lowest BCUT2D eigenvalue weighted by atomic mass is 9.74. The molecule has 1 aliphatic carbocycles. The summed E-state index contributed by atoms with van der Waals surface area (Å²) < 4.78 is 20.3. The third-order valence-corrected chi connectivity index (χ3v) is 6.87. The number of aryl methyl sites for hydroxylation is 1. The number of halogens is 1. The van der Waals surface area contributed by atoms with Crippen LogP contribution < -0.4 is 5.73 Å². The van der Waals surface area contributed by atoms with Crippen molar-refractivity contribution in [1.82, 2.24) is 0 Å². The zero-order valence-corrected chi connectivity index (χ0v) is 18.9. The fraction of sp³-hybridized carbons (Fsp3) is 0.423. The molecule has 0 spiro atoms. The molecule has 1 unspecified atom stereocenters. The Hall–Kier alpha value is -3.04. The van der Waals surface area contributed by atoms with E-state index in [4.69, 9.17) is 20.5 Å². The second kappa shape index (κ2) is 8.84. The molecule has 2 aromatic carbocycles. The zero-order valence-electron chi connectivity index (χ0n) is 18.9. The number of hydrogen-bond acceptors (Lipinski definition) is 5. The highest BCUT2D eigenvalue weighted by atomic mass is 19.1. The van der Waals surface area contributed by atoms with Gasteiger partial charge in [0.2, 0.25) is 0 Å². The maximum Gasteiger partial charge on any atom is 0.181 e. The van der Waals surface area contributed by atoms with Gasteiger partial charge in [-0.25, -0.2) is 9.38 Å². The summed E-state index contributed by atoms with van der Waals surface area (Å²) in [6.45, 7) is 4.00. The molecule has 166 valence electrons. The van der Waals surface area contributed by atoms with Gasteiger partial charge in [-0.1, -0.05) is 19.1 Å². The van der Waals surface area contributed by atoms with E-state index in [1.807, 2.05) is 25.1 Å². The highest BCUT2D eigenvalue weighted by molar-refractivity contribution is 6.41. The van der Waals surface area contributed by atoms with Gasteiger partial charge in [0.25, 0.3) is 0 Å². The molecule has 0 radical (unpaired) electrons. The van der Waals surface area contributed by atoms with Gasteiger partial charge >= 0.3 is 0 Å². The lowest BCUT2D eigenvalue weighted by Gasteiger charge is -2.38. The molecule has 1 aliphatic heterocycles. The van der Waals surface area contributed by atoms with Gasteiger partial charge in [0.15, 0.2) is 5.66 Å². The third kappa shape index (κ3) is 3.82. The van der Waals surface area contributed by atoms with Crippen molar-refractivity contribution in [2.24, 2.45) is 21.6 Å². The smallest absolute Gasteiger partial charge is 0.181 e. The van der Waals surface area contributed by atoms with E-state index in [2.05, 4.69) is 13.0 Å². The maximum absolute atomic E-state index is 14.7. The van der Waals surface area contributed by atoms with Crippen LogP contribution in [0, 0.1) is 23.1 Å². The van der Waals surface area contributed by atoms with Crippen LogP contribution in [0.5, 0.6) is 0 Å². The Bertz CT molecular complexity index is 1110. The minimum atomic E-state index is -0.808. The summed E-state index contributed by atoms with van der Waals surface area (Å²) in [6.07, 6.45) is 4.82. The Morgan fingerprint density at radius 2 is 1.91 bits per heavy atom. The summed E-state index contributed by atoms with van der Waals surface area (Å²) in [5.74, 6) is 0.285. The van der Waals surface area contributed by atoms with Crippen molar-refractivity contribution < 1.29 is 9.13 Å². The predicted octanol–water partition coefficient (Wildman–Crippen LogP) is 5.12. The fourth-order valence-electron chi connectivity index (χ4n) is 5.04. The molecule has 6 heteroatoms. The molecule has 1 fully saturated rings.